The minimum atomic E-state index is -0.362. The molecular formula is C18H15NO3. The zero-order valence-electron chi connectivity index (χ0n) is 12.4. The number of esters is 1. The predicted molar refractivity (Wildman–Crippen MR) is 83.4 cm³/mol. The highest BCUT2D eigenvalue weighted by atomic mass is 16.5. The van der Waals surface area contributed by atoms with E-state index in [2.05, 4.69) is 5.16 Å². The van der Waals surface area contributed by atoms with Crippen molar-refractivity contribution in [2.24, 2.45) is 0 Å². The van der Waals surface area contributed by atoms with Crippen molar-refractivity contribution in [3.05, 3.63) is 60.2 Å². The van der Waals surface area contributed by atoms with Crippen molar-refractivity contribution in [2.45, 2.75) is 13.8 Å². The molecule has 0 atom stereocenters. The lowest BCUT2D eigenvalue weighted by Gasteiger charge is -2.07. The SMILES string of the molecule is CC(=O)Oc1cc(C)ccc1-c1cc(-c2ccccc2)on1. The smallest absolute Gasteiger partial charge is 0.308 e. The van der Waals surface area contributed by atoms with Gasteiger partial charge in [0.05, 0.1) is 0 Å². The summed E-state index contributed by atoms with van der Waals surface area (Å²) in [5.74, 6) is 0.795. The van der Waals surface area contributed by atoms with Gasteiger partial charge in [0.15, 0.2) is 5.76 Å². The van der Waals surface area contributed by atoms with Crippen LogP contribution in [0.15, 0.2) is 59.1 Å². The number of rotatable bonds is 3. The summed E-state index contributed by atoms with van der Waals surface area (Å²) in [5.41, 5.74) is 3.32. The fourth-order valence-corrected chi connectivity index (χ4v) is 2.22. The summed E-state index contributed by atoms with van der Waals surface area (Å²) < 4.78 is 10.7. The van der Waals surface area contributed by atoms with E-state index < -0.39 is 0 Å². The molecule has 3 rings (SSSR count). The number of carbonyl (C=O) groups excluding carboxylic acids is 1. The molecule has 4 heteroatoms. The van der Waals surface area contributed by atoms with Crippen LogP contribution in [0.1, 0.15) is 12.5 Å². The van der Waals surface area contributed by atoms with Gasteiger partial charge in [-0.15, -0.1) is 0 Å². The Morgan fingerprint density at radius 1 is 1.09 bits per heavy atom. The Labute approximate surface area is 128 Å². The summed E-state index contributed by atoms with van der Waals surface area (Å²) in [5, 5.41) is 4.09. The van der Waals surface area contributed by atoms with E-state index in [4.69, 9.17) is 9.26 Å². The second-order valence-corrected chi connectivity index (χ2v) is 5.04. The van der Waals surface area contributed by atoms with Crippen LogP contribution in [-0.2, 0) is 4.79 Å². The number of aromatic nitrogens is 1. The van der Waals surface area contributed by atoms with Crippen molar-refractivity contribution < 1.29 is 14.1 Å². The Kier molecular flexibility index (Phi) is 3.74. The highest BCUT2D eigenvalue weighted by Gasteiger charge is 2.14. The van der Waals surface area contributed by atoms with Gasteiger partial charge in [0.1, 0.15) is 11.4 Å². The van der Waals surface area contributed by atoms with E-state index in [0.717, 1.165) is 16.7 Å². The van der Waals surface area contributed by atoms with Gasteiger partial charge in [-0.3, -0.25) is 4.79 Å². The number of aryl methyl sites for hydroxylation is 1. The van der Waals surface area contributed by atoms with E-state index in [1.54, 1.807) is 0 Å². The Balaban J connectivity index is 2.02. The summed E-state index contributed by atoms with van der Waals surface area (Å²) in [6.45, 7) is 3.32. The topological polar surface area (TPSA) is 52.3 Å². The van der Waals surface area contributed by atoms with Crippen LogP contribution in [0.4, 0.5) is 0 Å². The summed E-state index contributed by atoms with van der Waals surface area (Å²) in [7, 11) is 0. The molecule has 0 bridgehead atoms. The molecule has 110 valence electrons. The monoisotopic (exact) mass is 293 g/mol. The van der Waals surface area contributed by atoms with Gasteiger partial charge in [-0.1, -0.05) is 41.6 Å². The van der Waals surface area contributed by atoms with E-state index in [0.29, 0.717) is 17.2 Å². The van der Waals surface area contributed by atoms with Gasteiger partial charge in [0.25, 0.3) is 0 Å². The molecule has 2 aromatic carbocycles. The van der Waals surface area contributed by atoms with Crippen LogP contribution in [0.25, 0.3) is 22.6 Å². The number of hydrogen-bond donors (Lipinski definition) is 0. The quantitative estimate of drug-likeness (QED) is 0.535. The highest BCUT2D eigenvalue weighted by Crippen LogP contribution is 2.33. The maximum atomic E-state index is 11.3. The van der Waals surface area contributed by atoms with Gasteiger partial charge in [-0.05, 0) is 24.6 Å². The Morgan fingerprint density at radius 3 is 2.59 bits per heavy atom. The van der Waals surface area contributed by atoms with Crippen molar-refractivity contribution in [3.8, 4) is 28.3 Å². The fourth-order valence-electron chi connectivity index (χ4n) is 2.22. The molecule has 1 heterocycles. The highest BCUT2D eigenvalue weighted by molar-refractivity contribution is 5.76. The van der Waals surface area contributed by atoms with Crippen LogP contribution < -0.4 is 4.74 Å². The first kappa shape index (κ1) is 14.1. The lowest BCUT2D eigenvalue weighted by atomic mass is 10.1. The molecule has 3 aromatic rings. The van der Waals surface area contributed by atoms with Crippen molar-refractivity contribution in [3.63, 3.8) is 0 Å². The molecule has 0 N–H and O–H groups in total. The van der Waals surface area contributed by atoms with Crippen LogP contribution >= 0.6 is 0 Å². The van der Waals surface area contributed by atoms with E-state index in [1.807, 2.05) is 61.5 Å². The first-order chi connectivity index (χ1) is 10.6. The number of carbonyl (C=O) groups is 1. The number of hydrogen-bond acceptors (Lipinski definition) is 4. The standard InChI is InChI=1S/C18H15NO3/c1-12-8-9-15(18(10-12)21-13(2)20)16-11-17(22-19-16)14-6-4-3-5-7-14/h3-11H,1-2H3. The minimum Gasteiger partial charge on any atom is -0.426 e. The maximum absolute atomic E-state index is 11.3. The average molecular weight is 293 g/mol. The fraction of sp³-hybridized carbons (Fsp3) is 0.111. The largest absolute Gasteiger partial charge is 0.426 e. The zero-order chi connectivity index (χ0) is 15.5. The average Bonchev–Trinajstić information content (AvgIpc) is 2.97. The summed E-state index contributed by atoms with van der Waals surface area (Å²) >= 11 is 0. The minimum absolute atomic E-state index is 0.362. The van der Waals surface area contributed by atoms with Gasteiger partial charge in [0, 0.05) is 24.1 Å². The molecule has 0 saturated carbocycles. The molecule has 0 unspecified atom stereocenters. The molecular weight excluding hydrogens is 278 g/mol. The second kappa shape index (κ2) is 5.85. The third-order valence-corrected chi connectivity index (χ3v) is 3.24. The first-order valence-corrected chi connectivity index (χ1v) is 6.95. The Bertz CT molecular complexity index is 806. The van der Waals surface area contributed by atoms with Crippen LogP contribution in [-0.4, -0.2) is 11.1 Å². The van der Waals surface area contributed by atoms with E-state index in [-0.39, 0.29) is 5.97 Å². The van der Waals surface area contributed by atoms with Crippen molar-refractivity contribution in [2.75, 3.05) is 0 Å². The van der Waals surface area contributed by atoms with Crippen LogP contribution in [0.3, 0.4) is 0 Å². The lowest BCUT2D eigenvalue weighted by Crippen LogP contribution is -2.03. The van der Waals surface area contributed by atoms with Crippen LogP contribution in [0.5, 0.6) is 5.75 Å². The molecule has 0 spiro atoms. The predicted octanol–water partition coefficient (Wildman–Crippen LogP) is 4.24. The number of benzene rings is 2. The number of nitrogens with zero attached hydrogens (tertiary/aromatic N) is 1. The summed E-state index contributed by atoms with van der Waals surface area (Å²) in [6.07, 6.45) is 0. The zero-order valence-corrected chi connectivity index (χ0v) is 12.4. The van der Waals surface area contributed by atoms with Crippen LogP contribution in [0, 0.1) is 6.92 Å². The number of ether oxygens (including phenoxy) is 1. The molecule has 0 aliphatic heterocycles. The Hall–Kier alpha value is -2.88. The first-order valence-electron chi connectivity index (χ1n) is 6.95. The molecule has 0 aliphatic carbocycles. The van der Waals surface area contributed by atoms with Crippen molar-refractivity contribution in [1.82, 2.24) is 5.16 Å². The van der Waals surface area contributed by atoms with E-state index in [9.17, 15) is 4.79 Å². The van der Waals surface area contributed by atoms with Gasteiger partial charge >= 0.3 is 5.97 Å². The molecule has 0 radical (unpaired) electrons. The van der Waals surface area contributed by atoms with Crippen molar-refractivity contribution in [1.29, 1.82) is 0 Å². The van der Waals surface area contributed by atoms with Gasteiger partial charge in [0.2, 0.25) is 0 Å². The second-order valence-electron chi connectivity index (χ2n) is 5.04. The summed E-state index contributed by atoms with van der Waals surface area (Å²) in [6, 6.07) is 17.2. The molecule has 22 heavy (non-hydrogen) atoms. The van der Waals surface area contributed by atoms with Crippen LogP contribution in [0.2, 0.25) is 0 Å². The van der Waals surface area contributed by atoms with Gasteiger partial charge < -0.3 is 9.26 Å². The van der Waals surface area contributed by atoms with E-state index >= 15 is 0 Å². The third kappa shape index (κ3) is 2.91. The lowest BCUT2D eigenvalue weighted by molar-refractivity contribution is -0.131. The normalized spacial score (nSPS) is 10.5. The van der Waals surface area contributed by atoms with E-state index in [1.165, 1.54) is 6.92 Å². The molecule has 0 fully saturated rings. The molecule has 0 saturated heterocycles. The molecule has 0 aliphatic rings. The molecule has 1 aromatic heterocycles. The molecule has 4 nitrogen and oxygen atoms in total. The summed E-state index contributed by atoms with van der Waals surface area (Å²) in [4.78, 5) is 11.3. The Morgan fingerprint density at radius 2 is 1.86 bits per heavy atom. The third-order valence-electron chi connectivity index (χ3n) is 3.24. The molecule has 0 amide bonds. The van der Waals surface area contributed by atoms with Crippen molar-refractivity contribution >= 4 is 5.97 Å². The van der Waals surface area contributed by atoms with Gasteiger partial charge in [-0.2, -0.15) is 0 Å². The van der Waals surface area contributed by atoms with Gasteiger partial charge in [-0.25, -0.2) is 0 Å². The maximum Gasteiger partial charge on any atom is 0.308 e.